The Morgan fingerprint density at radius 2 is 1.55 bits per heavy atom. The molecule has 0 radical (unpaired) electrons. The lowest BCUT2D eigenvalue weighted by Crippen LogP contribution is -2.31. The number of hydrogen-bond acceptors (Lipinski definition) is 7. The predicted octanol–water partition coefficient (Wildman–Crippen LogP) is -0.244. The second-order valence-corrected chi connectivity index (χ2v) is 4.81. The zero-order valence-electron chi connectivity index (χ0n) is 11.8. The van der Waals surface area contributed by atoms with E-state index in [0.717, 1.165) is 0 Å². The summed E-state index contributed by atoms with van der Waals surface area (Å²) in [4.78, 5) is 34.4. The van der Waals surface area contributed by atoms with E-state index in [0.29, 0.717) is 0 Å². The Morgan fingerprint density at radius 1 is 1.05 bits per heavy atom. The average molecular weight is 288 g/mol. The summed E-state index contributed by atoms with van der Waals surface area (Å²) in [5.41, 5.74) is 0. The highest BCUT2D eigenvalue weighted by atomic mass is 16.5. The highest BCUT2D eigenvalue weighted by Crippen LogP contribution is 2.43. The molecule has 1 N–H and O–H groups in total. The molecule has 1 aliphatic carbocycles. The van der Waals surface area contributed by atoms with Crippen molar-refractivity contribution in [3.8, 4) is 0 Å². The molecule has 0 heterocycles. The average Bonchev–Trinajstić information content (AvgIpc) is 2.81. The Kier molecular flexibility index (Phi) is 5.94. The van der Waals surface area contributed by atoms with Crippen LogP contribution in [0.3, 0.4) is 0 Å². The third-order valence-corrected chi connectivity index (χ3v) is 3.79. The van der Waals surface area contributed by atoms with Gasteiger partial charge in [0, 0.05) is 25.4 Å². The summed E-state index contributed by atoms with van der Waals surface area (Å²) in [5.74, 6) is -3.59. The number of aliphatic hydroxyl groups is 1. The standard InChI is InChI=1S/C13H20O7/c1-7(15)20-6-11-9(13(17)19-3)4-8(10(11)5-14)12(16)18-2/h8-11,14H,4-6H2,1-3H3. The fourth-order valence-electron chi connectivity index (χ4n) is 2.78. The highest BCUT2D eigenvalue weighted by Gasteiger charge is 2.50. The van der Waals surface area contributed by atoms with Crippen LogP contribution in [0.15, 0.2) is 0 Å². The first-order chi connectivity index (χ1) is 9.46. The van der Waals surface area contributed by atoms with Crippen molar-refractivity contribution in [2.75, 3.05) is 27.4 Å². The summed E-state index contributed by atoms with van der Waals surface area (Å²) < 4.78 is 14.3. The molecule has 1 aliphatic rings. The van der Waals surface area contributed by atoms with Crippen LogP contribution in [0.2, 0.25) is 0 Å². The molecule has 0 aromatic heterocycles. The fourth-order valence-corrected chi connectivity index (χ4v) is 2.78. The Labute approximate surface area is 117 Å². The van der Waals surface area contributed by atoms with Crippen molar-refractivity contribution in [3.63, 3.8) is 0 Å². The minimum atomic E-state index is -0.602. The summed E-state index contributed by atoms with van der Waals surface area (Å²) in [7, 11) is 2.51. The van der Waals surface area contributed by atoms with Crippen LogP contribution in [-0.4, -0.2) is 50.4 Å². The van der Waals surface area contributed by atoms with Gasteiger partial charge in [0.25, 0.3) is 0 Å². The lowest BCUT2D eigenvalue weighted by molar-refractivity contribution is -0.152. The smallest absolute Gasteiger partial charge is 0.309 e. The SMILES string of the molecule is COC(=O)C1CC(C(=O)OC)C(COC(C)=O)C1CO. The molecule has 1 fully saturated rings. The highest BCUT2D eigenvalue weighted by molar-refractivity contribution is 5.78. The van der Waals surface area contributed by atoms with Crippen molar-refractivity contribution < 1.29 is 33.7 Å². The predicted molar refractivity (Wildman–Crippen MR) is 66.3 cm³/mol. The normalized spacial score (nSPS) is 28.8. The molecule has 0 aliphatic heterocycles. The second-order valence-electron chi connectivity index (χ2n) is 4.81. The third-order valence-electron chi connectivity index (χ3n) is 3.79. The maximum absolute atomic E-state index is 11.8. The molecular weight excluding hydrogens is 268 g/mol. The molecule has 7 heteroatoms. The van der Waals surface area contributed by atoms with E-state index in [4.69, 9.17) is 14.2 Å². The van der Waals surface area contributed by atoms with Gasteiger partial charge in [0.15, 0.2) is 0 Å². The number of esters is 3. The number of aliphatic hydroxyl groups excluding tert-OH is 1. The summed E-state index contributed by atoms with van der Waals surface area (Å²) in [5, 5.41) is 9.49. The molecule has 0 bridgehead atoms. The number of carbonyl (C=O) groups is 3. The molecule has 1 saturated carbocycles. The Morgan fingerprint density at radius 3 is 1.95 bits per heavy atom. The first-order valence-electron chi connectivity index (χ1n) is 6.36. The Hall–Kier alpha value is -1.63. The number of ether oxygens (including phenoxy) is 3. The Bertz CT molecular complexity index is 379. The van der Waals surface area contributed by atoms with Crippen LogP contribution in [0.25, 0.3) is 0 Å². The van der Waals surface area contributed by atoms with Crippen molar-refractivity contribution in [3.05, 3.63) is 0 Å². The molecule has 1 rings (SSSR count). The van der Waals surface area contributed by atoms with E-state index in [1.165, 1.54) is 21.1 Å². The third kappa shape index (κ3) is 3.47. The van der Waals surface area contributed by atoms with E-state index in [1.807, 2.05) is 0 Å². The molecule has 20 heavy (non-hydrogen) atoms. The maximum Gasteiger partial charge on any atom is 0.309 e. The van der Waals surface area contributed by atoms with E-state index in [1.54, 1.807) is 0 Å². The number of hydrogen-bond donors (Lipinski definition) is 1. The van der Waals surface area contributed by atoms with Gasteiger partial charge in [0.2, 0.25) is 0 Å². The van der Waals surface area contributed by atoms with Crippen molar-refractivity contribution in [1.29, 1.82) is 0 Å². The topological polar surface area (TPSA) is 99.1 Å². The summed E-state index contributed by atoms with van der Waals surface area (Å²) >= 11 is 0. The van der Waals surface area contributed by atoms with Crippen LogP contribution in [0.4, 0.5) is 0 Å². The monoisotopic (exact) mass is 288 g/mol. The fraction of sp³-hybridized carbons (Fsp3) is 0.769. The molecule has 4 unspecified atom stereocenters. The quantitative estimate of drug-likeness (QED) is 0.550. The second kappa shape index (κ2) is 7.23. The van der Waals surface area contributed by atoms with Crippen LogP contribution >= 0.6 is 0 Å². The van der Waals surface area contributed by atoms with E-state index in [9.17, 15) is 19.5 Å². The minimum Gasteiger partial charge on any atom is -0.469 e. The van der Waals surface area contributed by atoms with Crippen molar-refractivity contribution in [1.82, 2.24) is 0 Å². The number of carbonyl (C=O) groups excluding carboxylic acids is 3. The van der Waals surface area contributed by atoms with Crippen LogP contribution in [-0.2, 0) is 28.6 Å². The van der Waals surface area contributed by atoms with Gasteiger partial charge >= 0.3 is 17.9 Å². The summed E-state index contributed by atoms with van der Waals surface area (Å²) in [6, 6.07) is 0. The molecule has 0 spiro atoms. The number of methoxy groups -OCH3 is 2. The molecule has 0 saturated heterocycles. The van der Waals surface area contributed by atoms with Gasteiger partial charge in [-0.05, 0) is 6.42 Å². The van der Waals surface area contributed by atoms with E-state index >= 15 is 0 Å². The Balaban J connectivity index is 2.94. The first-order valence-corrected chi connectivity index (χ1v) is 6.36. The van der Waals surface area contributed by atoms with Gasteiger partial charge in [-0.3, -0.25) is 14.4 Å². The first kappa shape index (κ1) is 16.4. The molecule has 0 aromatic carbocycles. The zero-order chi connectivity index (χ0) is 15.3. The molecule has 4 atom stereocenters. The minimum absolute atomic E-state index is 0.0339. The van der Waals surface area contributed by atoms with Crippen molar-refractivity contribution >= 4 is 17.9 Å². The van der Waals surface area contributed by atoms with Gasteiger partial charge in [0.05, 0.1) is 32.7 Å². The van der Waals surface area contributed by atoms with Gasteiger partial charge in [0.1, 0.15) is 0 Å². The molecule has 7 nitrogen and oxygen atoms in total. The van der Waals surface area contributed by atoms with Gasteiger partial charge in [-0.2, -0.15) is 0 Å². The van der Waals surface area contributed by atoms with Gasteiger partial charge in [-0.15, -0.1) is 0 Å². The largest absolute Gasteiger partial charge is 0.469 e. The molecule has 114 valence electrons. The molecular formula is C13H20O7. The van der Waals surface area contributed by atoms with Gasteiger partial charge < -0.3 is 19.3 Å². The van der Waals surface area contributed by atoms with Crippen molar-refractivity contribution in [2.45, 2.75) is 13.3 Å². The zero-order valence-corrected chi connectivity index (χ0v) is 11.8. The van der Waals surface area contributed by atoms with Gasteiger partial charge in [-0.1, -0.05) is 0 Å². The molecule has 0 aromatic rings. The van der Waals surface area contributed by atoms with Gasteiger partial charge in [-0.25, -0.2) is 0 Å². The van der Waals surface area contributed by atoms with Crippen molar-refractivity contribution in [2.24, 2.45) is 23.7 Å². The van der Waals surface area contributed by atoms with E-state index < -0.39 is 41.6 Å². The lowest BCUT2D eigenvalue weighted by atomic mass is 9.88. The summed E-state index contributed by atoms with van der Waals surface area (Å²) in [6.45, 7) is 0.931. The van der Waals surface area contributed by atoms with Crippen LogP contribution in [0, 0.1) is 23.7 Å². The van der Waals surface area contributed by atoms with E-state index in [-0.39, 0.29) is 19.6 Å². The lowest BCUT2D eigenvalue weighted by Gasteiger charge is -2.23. The van der Waals surface area contributed by atoms with Crippen LogP contribution in [0.5, 0.6) is 0 Å². The van der Waals surface area contributed by atoms with E-state index in [2.05, 4.69) is 0 Å². The maximum atomic E-state index is 11.8. The van der Waals surface area contributed by atoms with Crippen LogP contribution in [0.1, 0.15) is 13.3 Å². The number of rotatable bonds is 5. The van der Waals surface area contributed by atoms with Crippen LogP contribution < -0.4 is 0 Å². The summed E-state index contributed by atoms with van der Waals surface area (Å²) in [6.07, 6.45) is 0.219. The molecule has 0 amide bonds.